The number of carbonyl (C=O) groups excluding carboxylic acids is 1. The number of anilines is 1. The van der Waals surface area contributed by atoms with Crippen LogP contribution in [0.5, 0.6) is 0 Å². The SMILES string of the molecule is CC(C)C(CC(=O)c1cnn2c1NC(c1ccccc1)CC2(C)C)C(C)C. The Balaban J connectivity index is 1.91. The van der Waals surface area contributed by atoms with E-state index in [0.717, 1.165) is 17.8 Å². The first kappa shape index (κ1) is 19.7. The molecule has 1 N–H and O–H groups in total. The van der Waals surface area contributed by atoms with Gasteiger partial charge in [0.25, 0.3) is 0 Å². The predicted octanol–water partition coefficient (Wildman–Crippen LogP) is 5.68. The molecule has 4 heteroatoms. The van der Waals surface area contributed by atoms with Gasteiger partial charge in [0.2, 0.25) is 0 Å². The van der Waals surface area contributed by atoms with Gasteiger partial charge in [-0.3, -0.25) is 4.79 Å². The lowest BCUT2D eigenvalue weighted by Gasteiger charge is -2.38. The molecule has 4 nitrogen and oxygen atoms in total. The highest BCUT2D eigenvalue weighted by Gasteiger charge is 2.37. The number of benzene rings is 1. The normalized spacial score (nSPS) is 18.6. The smallest absolute Gasteiger partial charge is 0.168 e. The zero-order chi connectivity index (χ0) is 19.8. The van der Waals surface area contributed by atoms with Crippen LogP contribution >= 0.6 is 0 Å². The van der Waals surface area contributed by atoms with Crippen LogP contribution in [-0.2, 0) is 5.54 Å². The van der Waals surface area contributed by atoms with Crippen molar-refractivity contribution in [3.8, 4) is 0 Å². The summed E-state index contributed by atoms with van der Waals surface area (Å²) in [6, 6.07) is 10.6. The molecule has 0 amide bonds. The molecule has 1 aromatic heterocycles. The summed E-state index contributed by atoms with van der Waals surface area (Å²) in [4.78, 5) is 13.2. The Morgan fingerprint density at radius 3 is 2.41 bits per heavy atom. The number of rotatable bonds is 6. The first-order valence-electron chi connectivity index (χ1n) is 10.1. The molecule has 1 aliphatic heterocycles. The summed E-state index contributed by atoms with van der Waals surface area (Å²) in [6.45, 7) is 13.2. The molecule has 0 aliphatic carbocycles. The molecule has 146 valence electrons. The second-order valence-corrected chi connectivity index (χ2v) is 9.22. The van der Waals surface area contributed by atoms with Crippen LogP contribution in [-0.4, -0.2) is 15.6 Å². The monoisotopic (exact) mass is 367 g/mol. The van der Waals surface area contributed by atoms with Crippen LogP contribution < -0.4 is 5.32 Å². The highest BCUT2D eigenvalue weighted by molar-refractivity contribution is 6.00. The fourth-order valence-corrected chi connectivity index (χ4v) is 4.40. The lowest BCUT2D eigenvalue weighted by atomic mass is 9.81. The summed E-state index contributed by atoms with van der Waals surface area (Å²) >= 11 is 0. The van der Waals surface area contributed by atoms with Gasteiger partial charge < -0.3 is 5.32 Å². The quantitative estimate of drug-likeness (QED) is 0.669. The van der Waals surface area contributed by atoms with Gasteiger partial charge in [0, 0.05) is 6.42 Å². The molecule has 0 bridgehead atoms. The predicted molar refractivity (Wildman–Crippen MR) is 111 cm³/mol. The van der Waals surface area contributed by atoms with E-state index in [1.165, 1.54) is 5.56 Å². The maximum Gasteiger partial charge on any atom is 0.168 e. The van der Waals surface area contributed by atoms with Gasteiger partial charge in [-0.25, -0.2) is 4.68 Å². The van der Waals surface area contributed by atoms with Gasteiger partial charge in [-0.1, -0.05) is 58.0 Å². The van der Waals surface area contributed by atoms with Crippen LogP contribution in [0.4, 0.5) is 5.82 Å². The number of nitrogens with one attached hydrogen (secondary N) is 1. The van der Waals surface area contributed by atoms with Crippen LogP contribution in [0, 0.1) is 17.8 Å². The summed E-state index contributed by atoms with van der Waals surface area (Å²) in [5, 5.41) is 8.20. The number of hydrogen-bond donors (Lipinski definition) is 1. The lowest BCUT2D eigenvalue weighted by molar-refractivity contribution is 0.0928. The summed E-state index contributed by atoms with van der Waals surface area (Å²) < 4.78 is 2.00. The fourth-order valence-electron chi connectivity index (χ4n) is 4.40. The molecule has 0 saturated carbocycles. The van der Waals surface area contributed by atoms with Crippen molar-refractivity contribution in [2.24, 2.45) is 17.8 Å². The topological polar surface area (TPSA) is 46.9 Å². The number of fused-ring (bicyclic) bond motifs is 1. The molecule has 0 saturated heterocycles. The fraction of sp³-hybridized carbons (Fsp3) is 0.565. The summed E-state index contributed by atoms with van der Waals surface area (Å²) in [7, 11) is 0. The highest BCUT2D eigenvalue weighted by atomic mass is 16.1. The first-order valence-corrected chi connectivity index (χ1v) is 10.1. The molecule has 1 aromatic carbocycles. The standard InChI is InChI=1S/C23H33N3O/c1-15(2)18(16(3)4)12-21(27)19-14-24-26-22(19)25-20(13-23(26,5)6)17-10-8-7-9-11-17/h7-11,14-16,18,20,25H,12-13H2,1-6H3. The Labute approximate surface area is 163 Å². The van der Waals surface area contributed by atoms with Crippen LogP contribution in [0.1, 0.15) is 76.3 Å². The summed E-state index contributed by atoms with van der Waals surface area (Å²) in [5.41, 5.74) is 1.84. The van der Waals surface area contributed by atoms with Crippen molar-refractivity contribution in [2.45, 2.75) is 66.0 Å². The van der Waals surface area contributed by atoms with Crippen LogP contribution in [0.15, 0.2) is 36.5 Å². The summed E-state index contributed by atoms with van der Waals surface area (Å²) in [5.74, 6) is 2.43. The van der Waals surface area contributed by atoms with Gasteiger partial charge >= 0.3 is 0 Å². The largest absolute Gasteiger partial charge is 0.363 e. The van der Waals surface area contributed by atoms with Crippen molar-refractivity contribution in [1.82, 2.24) is 9.78 Å². The molecule has 2 heterocycles. The van der Waals surface area contributed by atoms with E-state index in [0.29, 0.717) is 24.2 Å². The molecular formula is C23H33N3O. The van der Waals surface area contributed by atoms with Gasteiger partial charge in [0.15, 0.2) is 5.78 Å². The minimum atomic E-state index is -0.144. The number of hydrogen-bond acceptors (Lipinski definition) is 3. The molecule has 2 aromatic rings. The maximum atomic E-state index is 13.2. The van der Waals surface area contributed by atoms with Crippen molar-refractivity contribution >= 4 is 11.6 Å². The average molecular weight is 368 g/mol. The number of Topliss-reactive ketones (excluding diaryl/α,β-unsaturated/α-hetero) is 1. The zero-order valence-electron chi connectivity index (χ0n) is 17.5. The Hall–Kier alpha value is -2.10. The zero-order valence-corrected chi connectivity index (χ0v) is 17.5. The second kappa shape index (κ2) is 7.49. The van der Waals surface area contributed by atoms with Crippen LogP contribution in [0.25, 0.3) is 0 Å². The minimum absolute atomic E-state index is 0.144. The maximum absolute atomic E-state index is 13.2. The lowest BCUT2D eigenvalue weighted by Crippen LogP contribution is -2.38. The van der Waals surface area contributed by atoms with Crippen LogP contribution in [0.3, 0.4) is 0 Å². The minimum Gasteiger partial charge on any atom is -0.363 e. The Morgan fingerprint density at radius 2 is 1.81 bits per heavy atom. The number of carbonyl (C=O) groups is 1. The van der Waals surface area contributed by atoms with Crippen molar-refractivity contribution in [3.63, 3.8) is 0 Å². The van der Waals surface area contributed by atoms with Crippen molar-refractivity contribution in [1.29, 1.82) is 0 Å². The third-order valence-corrected chi connectivity index (χ3v) is 5.99. The second-order valence-electron chi connectivity index (χ2n) is 9.22. The van der Waals surface area contributed by atoms with E-state index in [1.807, 2.05) is 10.7 Å². The van der Waals surface area contributed by atoms with Crippen molar-refractivity contribution in [2.75, 3.05) is 5.32 Å². The molecule has 1 unspecified atom stereocenters. The molecule has 1 atom stereocenters. The number of nitrogens with zero attached hydrogens (tertiary/aromatic N) is 2. The van der Waals surface area contributed by atoms with Crippen molar-refractivity contribution in [3.05, 3.63) is 47.7 Å². The Morgan fingerprint density at radius 1 is 1.19 bits per heavy atom. The molecule has 1 aliphatic rings. The number of ketones is 1. The number of aromatic nitrogens is 2. The van der Waals surface area contributed by atoms with Crippen LogP contribution in [0.2, 0.25) is 0 Å². The van der Waals surface area contributed by atoms with E-state index < -0.39 is 0 Å². The van der Waals surface area contributed by atoms with Gasteiger partial charge in [0.05, 0.1) is 23.3 Å². The third kappa shape index (κ3) is 3.95. The van der Waals surface area contributed by atoms with Crippen molar-refractivity contribution < 1.29 is 4.79 Å². The molecule has 0 fully saturated rings. The molecule has 27 heavy (non-hydrogen) atoms. The summed E-state index contributed by atoms with van der Waals surface area (Å²) in [6.07, 6.45) is 3.27. The average Bonchev–Trinajstić information content (AvgIpc) is 3.04. The third-order valence-electron chi connectivity index (χ3n) is 5.99. The molecule has 0 spiro atoms. The van der Waals surface area contributed by atoms with E-state index in [1.54, 1.807) is 6.20 Å². The van der Waals surface area contributed by atoms with E-state index in [9.17, 15) is 4.79 Å². The van der Waals surface area contributed by atoms with Gasteiger partial charge in [-0.2, -0.15) is 5.10 Å². The van der Waals surface area contributed by atoms with E-state index in [2.05, 4.69) is 76.2 Å². The Bertz CT molecular complexity index is 781. The van der Waals surface area contributed by atoms with E-state index >= 15 is 0 Å². The van der Waals surface area contributed by atoms with Gasteiger partial charge in [-0.15, -0.1) is 0 Å². The van der Waals surface area contributed by atoms with Gasteiger partial charge in [-0.05, 0) is 43.6 Å². The molecule has 3 rings (SSSR count). The van der Waals surface area contributed by atoms with E-state index in [-0.39, 0.29) is 17.4 Å². The highest BCUT2D eigenvalue weighted by Crippen LogP contribution is 2.40. The molecule has 0 radical (unpaired) electrons. The van der Waals surface area contributed by atoms with E-state index in [4.69, 9.17) is 0 Å². The van der Waals surface area contributed by atoms with Gasteiger partial charge in [0.1, 0.15) is 5.82 Å². The Kier molecular flexibility index (Phi) is 5.45. The molecular weight excluding hydrogens is 334 g/mol. The first-order chi connectivity index (χ1) is 12.7.